The first-order chi connectivity index (χ1) is 15.0. The molecule has 0 spiro atoms. The number of ether oxygens (including phenoxy) is 1. The van der Waals surface area contributed by atoms with Crippen LogP contribution in [0.3, 0.4) is 0 Å². The predicted molar refractivity (Wildman–Crippen MR) is 119 cm³/mol. The van der Waals surface area contributed by atoms with Gasteiger partial charge in [-0.25, -0.2) is 0 Å². The molecule has 1 aliphatic heterocycles. The van der Waals surface area contributed by atoms with Crippen LogP contribution in [0.15, 0.2) is 24.3 Å². The highest BCUT2D eigenvalue weighted by Gasteiger charge is 2.35. The Bertz CT molecular complexity index is 751. The third-order valence-electron chi connectivity index (χ3n) is 6.52. The van der Waals surface area contributed by atoms with E-state index in [-0.39, 0.29) is 29.6 Å². The number of rotatable bonds is 8. The Morgan fingerprint density at radius 2 is 1.71 bits per heavy atom. The fraction of sp³-hybridized carbons (Fsp3) is 0.625. The van der Waals surface area contributed by atoms with Gasteiger partial charge in [0.2, 0.25) is 11.8 Å². The quantitative estimate of drug-likeness (QED) is 0.621. The fourth-order valence-corrected chi connectivity index (χ4v) is 4.60. The topological polar surface area (TPSA) is 87.7 Å². The van der Waals surface area contributed by atoms with E-state index in [1.165, 1.54) is 0 Å². The number of nitrogens with one attached hydrogen (secondary N) is 2. The van der Waals surface area contributed by atoms with Gasteiger partial charge in [-0.3, -0.25) is 14.4 Å². The summed E-state index contributed by atoms with van der Waals surface area (Å²) in [5.41, 5.74) is 1.61. The van der Waals surface area contributed by atoms with Gasteiger partial charge in [0.1, 0.15) is 6.04 Å². The molecule has 0 aromatic heterocycles. The van der Waals surface area contributed by atoms with Crippen molar-refractivity contribution in [1.29, 1.82) is 0 Å². The van der Waals surface area contributed by atoms with Crippen LogP contribution in [0.5, 0.6) is 0 Å². The summed E-state index contributed by atoms with van der Waals surface area (Å²) in [5, 5.41) is 5.82. The highest BCUT2D eigenvalue weighted by molar-refractivity contribution is 5.97. The van der Waals surface area contributed by atoms with Crippen molar-refractivity contribution in [2.45, 2.75) is 51.5 Å². The highest BCUT2D eigenvalue weighted by atomic mass is 16.5. The molecule has 1 aliphatic carbocycles. The molecule has 1 aromatic carbocycles. The van der Waals surface area contributed by atoms with E-state index in [2.05, 4.69) is 10.6 Å². The maximum Gasteiger partial charge on any atom is 0.251 e. The van der Waals surface area contributed by atoms with Gasteiger partial charge in [0.15, 0.2) is 0 Å². The monoisotopic (exact) mass is 429 g/mol. The molecule has 1 saturated carbocycles. The van der Waals surface area contributed by atoms with E-state index in [0.29, 0.717) is 44.6 Å². The van der Waals surface area contributed by atoms with Crippen molar-refractivity contribution in [3.05, 3.63) is 35.4 Å². The Kier molecular flexibility index (Phi) is 8.46. The van der Waals surface area contributed by atoms with Crippen LogP contribution in [0.4, 0.5) is 0 Å². The van der Waals surface area contributed by atoms with Crippen LogP contribution in [0.25, 0.3) is 0 Å². The highest BCUT2D eigenvalue weighted by Crippen LogP contribution is 2.29. The molecule has 7 heteroatoms. The van der Waals surface area contributed by atoms with Crippen molar-refractivity contribution in [2.75, 3.05) is 33.4 Å². The van der Waals surface area contributed by atoms with Gasteiger partial charge in [0.25, 0.3) is 5.91 Å². The average Bonchev–Trinajstić information content (AvgIpc) is 3.32. The largest absolute Gasteiger partial charge is 0.383 e. The van der Waals surface area contributed by atoms with E-state index in [0.717, 1.165) is 31.2 Å². The number of hydrogen-bond donors (Lipinski definition) is 2. The molecule has 1 atom stereocenters. The summed E-state index contributed by atoms with van der Waals surface area (Å²) < 4.78 is 5.02. The summed E-state index contributed by atoms with van der Waals surface area (Å²) in [7, 11) is 1.58. The minimum Gasteiger partial charge on any atom is -0.383 e. The standard InChI is InChI=1S/C24H35N3O4/c1-17-7-9-19(10-8-17)22(28)26-21(23(29)25-13-16-31-2)18-11-14-27(15-12-18)24(30)20-5-3-4-6-20/h7-10,18,20-21H,3-6,11-16H2,1-2H3,(H,25,29)(H,26,28). The molecule has 170 valence electrons. The Morgan fingerprint density at radius 1 is 1.06 bits per heavy atom. The fourth-order valence-electron chi connectivity index (χ4n) is 4.60. The van der Waals surface area contributed by atoms with Crippen molar-refractivity contribution in [3.8, 4) is 0 Å². The van der Waals surface area contributed by atoms with Gasteiger partial charge in [-0.1, -0.05) is 30.5 Å². The minimum absolute atomic E-state index is 0.00966. The summed E-state index contributed by atoms with van der Waals surface area (Å²) >= 11 is 0. The van der Waals surface area contributed by atoms with Crippen LogP contribution in [0, 0.1) is 18.8 Å². The third kappa shape index (κ3) is 6.29. The van der Waals surface area contributed by atoms with Crippen LogP contribution in [0.2, 0.25) is 0 Å². The minimum atomic E-state index is -0.630. The van der Waals surface area contributed by atoms with Crippen molar-refractivity contribution in [1.82, 2.24) is 15.5 Å². The first-order valence-electron chi connectivity index (χ1n) is 11.4. The zero-order chi connectivity index (χ0) is 22.2. The number of carbonyl (C=O) groups is 3. The molecule has 1 aromatic rings. The van der Waals surface area contributed by atoms with Gasteiger partial charge in [-0.05, 0) is 50.7 Å². The number of likely N-dealkylation sites (tertiary alicyclic amines) is 1. The van der Waals surface area contributed by atoms with Gasteiger partial charge in [0.05, 0.1) is 6.61 Å². The number of hydrogen-bond acceptors (Lipinski definition) is 4. The second kappa shape index (κ2) is 11.3. The van der Waals surface area contributed by atoms with Gasteiger partial charge in [-0.15, -0.1) is 0 Å². The molecule has 3 amide bonds. The molecule has 1 unspecified atom stereocenters. The molecular weight excluding hydrogens is 394 g/mol. The molecule has 0 radical (unpaired) electrons. The number of amides is 3. The van der Waals surface area contributed by atoms with E-state index < -0.39 is 6.04 Å². The zero-order valence-corrected chi connectivity index (χ0v) is 18.7. The Morgan fingerprint density at radius 3 is 2.32 bits per heavy atom. The smallest absolute Gasteiger partial charge is 0.251 e. The van der Waals surface area contributed by atoms with Crippen LogP contribution in [-0.4, -0.2) is 62.0 Å². The summed E-state index contributed by atoms with van der Waals surface area (Å²) in [6, 6.07) is 6.68. The van der Waals surface area contributed by atoms with Gasteiger partial charge < -0.3 is 20.3 Å². The summed E-state index contributed by atoms with van der Waals surface area (Å²) in [6.45, 7) is 4.06. The molecular formula is C24H35N3O4. The maximum atomic E-state index is 12.9. The van der Waals surface area contributed by atoms with E-state index in [9.17, 15) is 14.4 Å². The lowest BCUT2D eigenvalue weighted by Crippen LogP contribution is -2.54. The molecule has 7 nitrogen and oxygen atoms in total. The lowest BCUT2D eigenvalue weighted by atomic mass is 9.87. The van der Waals surface area contributed by atoms with Gasteiger partial charge in [0, 0.05) is 38.2 Å². The number of methoxy groups -OCH3 is 1. The van der Waals surface area contributed by atoms with E-state index >= 15 is 0 Å². The number of nitrogens with zero attached hydrogens (tertiary/aromatic N) is 1. The average molecular weight is 430 g/mol. The number of aryl methyl sites for hydroxylation is 1. The maximum absolute atomic E-state index is 12.9. The first-order valence-corrected chi connectivity index (χ1v) is 11.4. The molecule has 2 aliphatic rings. The van der Waals surface area contributed by atoms with E-state index in [1.54, 1.807) is 19.2 Å². The zero-order valence-electron chi connectivity index (χ0n) is 18.7. The summed E-state index contributed by atoms with van der Waals surface area (Å²) in [5.74, 6) is -0.0225. The number of piperidine rings is 1. The van der Waals surface area contributed by atoms with E-state index in [4.69, 9.17) is 4.74 Å². The van der Waals surface area contributed by atoms with Crippen LogP contribution < -0.4 is 10.6 Å². The molecule has 3 rings (SSSR count). The molecule has 0 bridgehead atoms. The Balaban J connectivity index is 1.63. The van der Waals surface area contributed by atoms with Crippen LogP contribution in [-0.2, 0) is 14.3 Å². The van der Waals surface area contributed by atoms with Crippen molar-refractivity contribution < 1.29 is 19.1 Å². The van der Waals surface area contributed by atoms with Crippen molar-refractivity contribution in [3.63, 3.8) is 0 Å². The Labute approximate surface area is 184 Å². The second-order valence-corrected chi connectivity index (χ2v) is 8.75. The summed E-state index contributed by atoms with van der Waals surface area (Å²) in [4.78, 5) is 40.4. The second-order valence-electron chi connectivity index (χ2n) is 8.75. The lowest BCUT2D eigenvalue weighted by Gasteiger charge is -2.36. The van der Waals surface area contributed by atoms with Crippen LogP contribution >= 0.6 is 0 Å². The van der Waals surface area contributed by atoms with E-state index in [1.807, 2.05) is 24.0 Å². The van der Waals surface area contributed by atoms with Gasteiger partial charge >= 0.3 is 0 Å². The predicted octanol–water partition coefficient (Wildman–Crippen LogP) is 2.28. The molecule has 31 heavy (non-hydrogen) atoms. The SMILES string of the molecule is COCCNC(=O)C(NC(=O)c1ccc(C)cc1)C1CCN(C(=O)C2CCCC2)CC1. The lowest BCUT2D eigenvalue weighted by molar-refractivity contribution is -0.137. The number of benzene rings is 1. The molecule has 1 heterocycles. The van der Waals surface area contributed by atoms with Crippen LogP contribution in [0.1, 0.15) is 54.4 Å². The normalized spacial score (nSPS) is 18.6. The van der Waals surface area contributed by atoms with Crippen molar-refractivity contribution in [2.24, 2.45) is 11.8 Å². The van der Waals surface area contributed by atoms with Gasteiger partial charge in [-0.2, -0.15) is 0 Å². The molecule has 2 fully saturated rings. The molecule has 1 saturated heterocycles. The third-order valence-corrected chi connectivity index (χ3v) is 6.52. The number of carbonyl (C=O) groups excluding carboxylic acids is 3. The molecule has 2 N–H and O–H groups in total. The first kappa shape index (κ1) is 23.3. The van der Waals surface area contributed by atoms with Crippen molar-refractivity contribution >= 4 is 17.7 Å². The summed E-state index contributed by atoms with van der Waals surface area (Å²) in [6.07, 6.45) is 5.68. The Hall–Kier alpha value is -2.41.